The highest BCUT2D eigenvalue weighted by atomic mass is 16.6. The van der Waals surface area contributed by atoms with Crippen LogP contribution in [-0.2, 0) is 28.6 Å². The molecule has 0 aromatic rings. The molecule has 0 bridgehead atoms. The van der Waals surface area contributed by atoms with Crippen LogP contribution < -0.4 is 0 Å². The van der Waals surface area contributed by atoms with Crippen LogP contribution in [0.15, 0.2) is 72.9 Å². The molecule has 0 aromatic heterocycles. The maximum atomic E-state index is 12.9. The van der Waals surface area contributed by atoms with Crippen LogP contribution in [0.1, 0.15) is 290 Å². The Morgan fingerprint density at radius 3 is 0.884 bits per heavy atom. The molecule has 1 unspecified atom stereocenters. The summed E-state index contributed by atoms with van der Waals surface area (Å²) in [5.41, 5.74) is 0. The topological polar surface area (TPSA) is 78.9 Å². The molecule has 0 radical (unpaired) electrons. The van der Waals surface area contributed by atoms with Gasteiger partial charge < -0.3 is 14.2 Å². The van der Waals surface area contributed by atoms with E-state index in [9.17, 15) is 14.4 Å². The third-order valence-electron chi connectivity index (χ3n) is 12.7. The first-order valence-electron chi connectivity index (χ1n) is 29.5. The molecule has 0 rings (SSSR count). The van der Waals surface area contributed by atoms with Crippen LogP contribution in [0.2, 0.25) is 0 Å². The zero-order chi connectivity index (χ0) is 50.0. The monoisotopic (exact) mass is 963 g/mol. The van der Waals surface area contributed by atoms with Crippen molar-refractivity contribution in [3.63, 3.8) is 0 Å². The van der Waals surface area contributed by atoms with Crippen LogP contribution in [-0.4, -0.2) is 37.2 Å². The van der Waals surface area contributed by atoms with E-state index < -0.39 is 6.10 Å². The maximum Gasteiger partial charge on any atom is 0.306 e. The summed E-state index contributed by atoms with van der Waals surface area (Å²) >= 11 is 0. The molecule has 0 fully saturated rings. The molecule has 0 N–H and O–H groups in total. The molecule has 398 valence electrons. The van der Waals surface area contributed by atoms with Crippen molar-refractivity contribution in [2.45, 2.75) is 297 Å². The first kappa shape index (κ1) is 65.8. The zero-order valence-electron chi connectivity index (χ0n) is 45.6. The number of carbonyl (C=O) groups excluding carboxylic acids is 3. The number of allylic oxidation sites excluding steroid dienone is 12. The Morgan fingerprint density at radius 1 is 0.290 bits per heavy atom. The minimum atomic E-state index is -0.792. The van der Waals surface area contributed by atoms with Crippen molar-refractivity contribution in [1.82, 2.24) is 0 Å². The summed E-state index contributed by atoms with van der Waals surface area (Å²) in [6, 6.07) is 0. The summed E-state index contributed by atoms with van der Waals surface area (Å²) in [6.45, 7) is 6.59. The van der Waals surface area contributed by atoms with Gasteiger partial charge in [-0.15, -0.1) is 0 Å². The van der Waals surface area contributed by atoms with Crippen LogP contribution in [0.3, 0.4) is 0 Å². The predicted octanol–water partition coefficient (Wildman–Crippen LogP) is 19.8. The number of carbonyl (C=O) groups is 3. The second-order valence-corrected chi connectivity index (χ2v) is 19.6. The van der Waals surface area contributed by atoms with E-state index in [4.69, 9.17) is 14.2 Å². The molecule has 69 heavy (non-hydrogen) atoms. The highest BCUT2D eigenvalue weighted by Crippen LogP contribution is 2.15. The SMILES string of the molecule is CCCCC\C=C/C=C\C=C/C=C\CCCCCCCC(=O)OCC(COC(=O)CCCCCCC/C=C\CCCCCCCCC)OC(=O)CCCCCCCCC/C=C\CCCCCCCC. The highest BCUT2D eigenvalue weighted by molar-refractivity contribution is 5.71. The Hall–Kier alpha value is -3.15. The van der Waals surface area contributed by atoms with Gasteiger partial charge in [-0.1, -0.05) is 248 Å². The summed E-state index contributed by atoms with van der Waals surface area (Å²) in [5, 5.41) is 0. The molecule has 6 nitrogen and oxygen atoms in total. The van der Waals surface area contributed by atoms with Gasteiger partial charge in [0.05, 0.1) is 0 Å². The van der Waals surface area contributed by atoms with Crippen molar-refractivity contribution in [2.24, 2.45) is 0 Å². The lowest BCUT2D eigenvalue weighted by Gasteiger charge is -2.18. The number of unbranched alkanes of at least 4 members (excludes halogenated alkanes) is 33. The Morgan fingerprint density at radius 2 is 0.536 bits per heavy atom. The molecular weight excluding hydrogens is 853 g/mol. The minimum Gasteiger partial charge on any atom is -0.462 e. The fourth-order valence-electron chi connectivity index (χ4n) is 8.27. The second-order valence-electron chi connectivity index (χ2n) is 19.6. The summed E-state index contributed by atoms with van der Waals surface area (Å²) in [7, 11) is 0. The molecule has 6 heteroatoms. The van der Waals surface area contributed by atoms with E-state index in [-0.39, 0.29) is 31.1 Å². The quantitative estimate of drug-likeness (QED) is 0.0199. The molecule has 0 saturated carbocycles. The van der Waals surface area contributed by atoms with E-state index in [0.29, 0.717) is 19.3 Å². The molecule has 0 aliphatic rings. The third kappa shape index (κ3) is 55.6. The fraction of sp³-hybridized carbons (Fsp3) is 0.762. The minimum absolute atomic E-state index is 0.0885. The maximum absolute atomic E-state index is 12.9. The average Bonchev–Trinajstić information content (AvgIpc) is 3.35. The molecule has 0 saturated heterocycles. The van der Waals surface area contributed by atoms with E-state index in [1.165, 1.54) is 161 Å². The van der Waals surface area contributed by atoms with Gasteiger partial charge in [0.2, 0.25) is 0 Å². The molecule has 0 aliphatic carbocycles. The lowest BCUT2D eigenvalue weighted by atomic mass is 10.1. The zero-order valence-corrected chi connectivity index (χ0v) is 45.6. The molecule has 0 spiro atoms. The number of hydrogen-bond donors (Lipinski definition) is 0. The number of esters is 3. The van der Waals surface area contributed by atoms with Crippen molar-refractivity contribution in [3.8, 4) is 0 Å². The fourth-order valence-corrected chi connectivity index (χ4v) is 8.27. The van der Waals surface area contributed by atoms with Crippen LogP contribution in [0, 0.1) is 0 Å². The van der Waals surface area contributed by atoms with Crippen molar-refractivity contribution in [2.75, 3.05) is 13.2 Å². The normalized spacial score (nSPS) is 12.6. The first-order valence-corrected chi connectivity index (χ1v) is 29.5. The van der Waals surface area contributed by atoms with Crippen molar-refractivity contribution in [3.05, 3.63) is 72.9 Å². The summed E-state index contributed by atoms with van der Waals surface area (Å²) in [6.07, 6.45) is 73.1. The highest BCUT2D eigenvalue weighted by Gasteiger charge is 2.19. The molecule has 0 amide bonds. The average molecular weight is 964 g/mol. The van der Waals surface area contributed by atoms with Crippen LogP contribution >= 0.6 is 0 Å². The van der Waals surface area contributed by atoms with Gasteiger partial charge in [0.25, 0.3) is 0 Å². The van der Waals surface area contributed by atoms with E-state index in [1.807, 2.05) is 0 Å². The number of hydrogen-bond acceptors (Lipinski definition) is 6. The Balaban J connectivity index is 4.44. The lowest BCUT2D eigenvalue weighted by molar-refractivity contribution is -0.167. The van der Waals surface area contributed by atoms with Gasteiger partial charge in [-0.25, -0.2) is 0 Å². The number of rotatable bonds is 53. The van der Waals surface area contributed by atoms with Crippen molar-refractivity contribution >= 4 is 17.9 Å². The van der Waals surface area contributed by atoms with Gasteiger partial charge in [0.15, 0.2) is 6.10 Å². The Labute approximate surface area is 427 Å². The number of ether oxygens (including phenoxy) is 3. The van der Waals surface area contributed by atoms with Gasteiger partial charge in [0.1, 0.15) is 13.2 Å². The summed E-state index contributed by atoms with van der Waals surface area (Å²) < 4.78 is 16.9. The second kappa shape index (κ2) is 57.4. The van der Waals surface area contributed by atoms with E-state index >= 15 is 0 Å². The van der Waals surface area contributed by atoms with Gasteiger partial charge in [-0.3, -0.25) is 14.4 Å². The van der Waals surface area contributed by atoms with Gasteiger partial charge in [0, 0.05) is 19.3 Å². The third-order valence-corrected chi connectivity index (χ3v) is 12.7. The molecule has 1 atom stereocenters. The summed E-state index contributed by atoms with van der Waals surface area (Å²) in [4.78, 5) is 38.2. The Kier molecular flexibility index (Phi) is 54.8. The van der Waals surface area contributed by atoms with Gasteiger partial charge >= 0.3 is 17.9 Å². The molecule has 0 heterocycles. The van der Waals surface area contributed by atoms with E-state index in [2.05, 4.69) is 93.7 Å². The largest absolute Gasteiger partial charge is 0.462 e. The van der Waals surface area contributed by atoms with E-state index in [0.717, 1.165) is 89.9 Å². The van der Waals surface area contributed by atoms with Crippen LogP contribution in [0.4, 0.5) is 0 Å². The standard InChI is InChI=1S/C63H110O6/c1-4-7-10-13-16-19-22-25-28-31-33-35-38-41-44-47-50-53-56-62(65)68-59-60(58-67-61(64)55-52-49-46-43-40-37-34-30-27-24-21-18-15-12-9-6-3)69-63(66)57-54-51-48-45-42-39-36-32-29-26-23-20-17-14-11-8-5-2/h16,19,22,25-26,28-31,33-35,60H,4-15,17-18,20-21,23-24,27,32,36-59H2,1-3H3/b19-16-,25-22-,29-26-,31-28-,34-30-,35-33-. The smallest absolute Gasteiger partial charge is 0.306 e. The van der Waals surface area contributed by atoms with Crippen LogP contribution in [0.5, 0.6) is 0 Å². The van der Waals surface area contributed by atoms with Gasteiger partial charge in [-0.2, -0.15) is 0 Å². The van der Waals surface area contributed by atoms with E-state index in [1.54, 1.807) is 0 Å². The summed E-state index contributed by atoms with van der Waals surface area (Å²) in [5.74, 6) is -0.914. The first-order chi connectivity index (χ1) is 34.0. The van der Waals surface area contributed by atoms with Crippen molar-refractivity contribution < 1.29 is 28.6 Å². The predicted molar refractivity (Wildman–Crippen MR) is 298 cm³/mol. The molecular formula is C63H110O6. The molecule has 0 aliphatic heterocycles. The van der Waals surface area contributed by atoms with Crippen LogP contribution in [0.25, 0.3) is 0 Å². The van der Waals surface area contributed by atoms with Gasteiger partial charge in [-0.05, 0) is 96.3 Å². The Bertz CT molecular complexity index is 1290. The van der Waals surface area contributed by atoms with Crippen molar-refractivity contribution in [1.29, 1.82) is 0 Å². The molecule has 0 aromatic carbocycles. The lowest BCUT2D eigenvalue weighted by Crippen LogP contribution is -2.30.